The van der Waals surface area contributed by atoms with Crippen LogP contribution in [0.4, 0.5) is 19.1 Å². The van der Waals surface area contributed by atoms with Crippen molar-refractivity contribution < 1.29 is 22.7 Å². The van der Waals surface area contributed by atoms with Crippen molar-refractivity contribution in [1.29, 1.82) is 0 Å². The lowest BCUT2D eigenvalue weighted by atomic mass is 10.00. The predicted octanol–water partition coefficient (Wildman–Crippen LogP) is 3.45. The number of ether oxygens (including phenoxy) is 1. The minimum Gasteiger partial charge on any atom is -0.494 e. The lowest BCUT2D eigenvalue weighted by Gasteiger charge is -2.15. The molecule has 4 aromatic rings. The van der Waals surface area contributed by atoms with Crippen molar-refractivity contribution in [1.82, 2.24) is 23.9 Å². The lowest BCUT2D eigenvalue weighted by molar-refractivity contribution is 0.100. The summed E-state index contributed by atoms with van der Waals surface area (Å²) in [6, 6.07) is 3.71. The summed E-state index contributed by atoms with van der Waals surface area (Å²) in [6.45, 7) is 1.75. The first kappa shape index (κ1) is 25.0. The Kier molecular flexibility index (Phi) is 6.05. The third-order valence-corrected chi connectivity index (χ3v) is 7.70. The van der Waals surface area contributed by atoms with E-state index in [4.69, 9.17) is 10.5 Å². The van der Waals surface area contributed by atoms with E-state index in [1.807, 2.05) is 0 Å². The Morgan fingerprint density at radius 3 is 2.62 bits per heavy atom. The maximum Gasteiger partial charge on any atom is 0.293 e. The van der Waals surface area contributed by atoms with Gasteiger partial charge in [-0.2, -0.15) is 9.36 Å². The largest absolute Gasteiger partial charge is 0.494 e. The molecule has 2 unspecified atom stereocenters. The number of methoxy groups -OCH3 is 1. The van der Waals surface area contributed by atoms with Crippen molar-refractivity contribution in [3.05, 3.63) is 64.2 Å². The van der Waals surface area contributed by atoms with Crippen molar-refractivity contribution >= 4 is 23.4 Å². The Morgan fingerprint density at radius 2 is 1.92 bits per heavy atom. The Morgan fingerprint density at radius 1 is 1.15 bits per heavy atom. The Hall–Kier alpha value is -4.33. The van der Waals surface area contributed by atoms with Crippen molar-refractivity contribution in [2.45, 2.75) is 12.8 Å². The summed E-state index contributed by atoms with van der Waals surface area (Å²) in [7, 11) is 1.30. The molecule has 200 valence electrons. The van der Waals surface area contributed by atoms with Crippen LogP contribution < -0.4 is 20.9 Å². The minimum atomic E-state index is -2.89. The molecule has 2 atom stereocenters. The number of hydrogen-bond acceptors (Lipinski definition) is 9. The number of carbonyl (C=O) groups is 1. The second-order valence-corrected chi connectivity index (χ2v) is 10.1. The molecule has 5 heterocycles. The molecule has 2 aliphatic rings. The highest BCUT2D eigenvalue weighted by Gasteiger charge is 2.46. The van der Waals surface area contributed by atoms with Crippen LogP contribution in [0.5, 0.6) is 5.75 Å². The molecule has 4 aromatic heterocycles. The highest BCUT2D eigenvalue weighted by atomic mass is 32.1. The number of alkyl halides is 2. The molecule has 2 N–H and O–H groups in total. The second-order valence-electron chi connectivity index (χ2n) is 9.34. The van der Waals surface area contributed by atoms with Crippen molar-refractivity contribution in [2.75, 3.05) is 25.1 Å². The van der Waals surface area contributed by atoms with Gasteiger partial charge in [0.25, 0.3) is 17.9 Å². The number of piperidine rings is 1. The zero-order valence-corrected chi connectivity index (χ0v) is 21.2. The topological polar surface area (TPSA) is 129 Å². The van der Waals surface area contributed by atoms with Gasteiger partial charge >= 0.3 is 0 Å². The monoisotopic (exact) mass is 555 g/mol. The molecule has 10 nitrogen and oxygen atoms in total. The van der Waals surface area contributed by atoms with Crippen molar-refractivity contribution in [3.63, 3.8) is 0 Å². The molecular weight excluding hydrogens is 535 g/mol. The predicted molar refractivity (Wildman–Crippen MR) is 136 cm³/mol. The number of rotatable bonds is 7. The van der Waals surface area contributed by atoms with E-state index in [9.17, 15) is 18.4 Å². The number of primary amides is 1. The summed E-state index contributed by atoms with van der Waals surface area (Å²) in [5.74, 6) is -0.0813. The van der Waals surface area contributed by atoms with Gasteiger partial charge in [0.2, 0.25) is 5.95 Å². The molecule has 14 heteroatoms. The molecule has 0 aromatic carbocycles. The number of hydrogen-bond donors (Lipinski definition) is 1. The number of pyridine rings is 3. The number of halogens is 3. The second kappa shape index (κ2) is 9.45. The van der Waals surface area contributed by atoms with Crippen LogP contribution in [0.3, 0.4) is 0 Å². The van der Waals surface area contributed by atoms with E-state index in [0.29, 0.717) is 17.8 Å². The number of aromatic nitrogens is 5. The van der Waals surface area contributed by atoms with E-state index in [1.54, 1.807) is 0 Å². The fourth-order valence-corrected chi connectivity index (χ4v) is 5.52. The fourth-order valence-electron chi connectivity index (χ4n) is 4.82. The molecule has 1 saturated carbocycles. The lowest BCUT2D eigenvalue weighted by Crippen LogP contribution is -2.23. The SMILES string of the molecule is COc1cnc(C(F)F)cc1-c1cc(-n2ccc(-c3nc(N4CC5CC5C4)ns3)c(F)c2=O)ncc1C(N)=O. The van der Waals surface area contributed by atoms with E-state index in [2.05, 4.69) is 24.2 Å². The van der Waals surface area contributed by atoms with E-state index >= 15 is 4.39 Å². The summed E-state index contributed by atoms with van der Waals surface area (Å²) in [4.78, 5) is 39.5. The van der Waals surface area contributed by atoms with Crippen LogP contribution >= 0.6 is 11.5 Å². The number of nitrogens with two attached hydrogens (primary N) is 1. The number of nitrogens with zero attached hydrogens (tertiary/aromatic N) is 6. The first-order valence-corrected chi connectivity index (χ1v) is 12.6. The van der Waals surface area contributed by atoms with Gasteiger partial charge in [-0.3, -0.25) is 19.1 Å². The van der Waals surface area contributed by atoms with Gasteiger partial charge in [-0.25, -0.2) is 18.2 Å². The molecule has 0 radical (unpaired) electrons. The number of amides is 1. The fraction of sp³-hybridized carbons (Fsp3) is 0.280. The highest BCUT2D eigenvalue weighted by Crippen LogP contribution is 2.46. The van der Waals surface area contributed by atoms with E-state index in [0.717, 1.165) is 47.6 Å². The summed E-state index contributed by atoms with van der Waals surface area (Å²) in [5, 5.41) is 0.270. The van der Waals surface area contributed by atoms with Crippen LogP contribution in [-0.2, 0) is 0 Å². The molecule has 1 amide bonds. The zero-order valence-electron chi connectivity index (χ0n) is 20.3. The van der Waals surface area contributed by atoms with Gasteiger partial charge in [-0.1, -0.05) is 0 Å². The quantitative estimate of drug-likeness (QED) is 0.367. The molecular formula is C25H20F3N7O3S. The zero-order chi connectivity index (χ0) is 27.4. The van der Waals surface area contributed by atoms with Crippen LogP contribution in [0.15, 0.2) is 41.6 Å². The van der Waals surface area contributed by atoms with Gasteiger partial charge in [0, 0.05) is 36.6 Å². The van der Waals surface area contributed by atoms with Gasteiger partial charge in [-0.15, -0.1) is 0 Å². The Bertz CT molecular complexity index is 1670. The maximum absolute atomic E-state index is 15.4. The first-order valence-electron chi connectivity index (χ1n) is 11.9. The highest BCUT2D eigenvalue weighted by molar-refractivity contribution is 7.09. The summed E-state index contributed by atoms with van der Waals surface area (Å²) >= 11 is 1.00. The van der Waals surface area contributed by atoms with Crippen molar-refractivity contribution in [2.24, 2.45) is 17.6 Å². The molecule has 1 aliphatic carbocycles. The Labute approximate surface area is 223 Å². The molecule has 1 aliphatic heterocycles. The van der Waals surface area contributed by atoms with Crippen LogP contribution in [0.1, 0.15) is 28.9 Å². The molecule has 2 fully saturated rings. The Balaban J connectivity index is 1.40. The van der Waals surface area contributed by atoms with Crippen LogP contribution in [-0.4, -0.2) is 50.0 Å². The van der Waals surface area contributed by atoms with Crippen LogP contribution in [0.2, 0.25) is 0 Å². The first-order chi connectivity index (χ1) is 18.7. The molecule has 1 saturated heterocycles. The third kappa shape index (κ3) is 4.39. The van der Waals surface area contributed by atoms with Gasteiger partial charge in [-0.05, 0) is 48.0 Å². The normalized spacial score (nSPS) is 17.9. The number of anilines is 1. The average molecular weight is 556 g/mol. The summed E-state index contributed by atoms with van der Waals surface area (Å²) in [5.41, 5.74) is 3.93. The third-order valence-electron chi connectivity index (χ3n) is 6.96. The molecule has 0 spiro atoms. The van der Waals surface area contributed by atoms with Crippen LogP contribution in [0.25, 0.3) is 27.5 Å². The molecule has 0 bridgehead atoms. The van der Waals surface area contributed by atoms with Crippen molar-refractivity contribution in [3.8, 4) is 33.3 Å². The van der Waals surface area contributed by atoms with Gasteiger partial charge < -0.3 is 15.4 Å². The molecule has 6 rings (SSSR count). The van der Waals surface area contributed by atoms with Crippen LogP contribution in [0, 0.1) is 17.7 Å². The molecule has 39 heavy (non-hydrogen) atoms. The van der Waals surface area contributed by atoms with Gasteiger partial charge in [0.1, 0.15) is 22.3 Å². The van der Waals surface area contributed by atoms with E-state index in [1.165, 1.54) is 31.9 Å². The smallest absolute Gasteiger partial charge is 0.293 e. The van der Waals surface area contributed by atoms with Gasteiger partial charge in [0.15, 0.2) is 5.82 Å². The summed E-state index contributed by atoms with van der Waals surface area (Å²) in [6.07, 6.45) is 1.82. The summed E-state index contributed by atoms with van der Waals surface area (Å²) < 4.78 is 52.6. The standard InChI is InChI=1S/C25H20F3N7O3S/c1-38-18-8-30-17(21(27)28)5-15(18)14-6-19(31-7-16(14)22(29)36)35-3-2-13(20(26)24(35)37)23-32-25(33-39-23)34-9-11-4-12(11)10-34/h2-3,5-8,11-12,21H,4,9-10H2,1H3,(H2,29,36). The van der Waals surface area contributed by atoms with E-state index < -0.39 is 29.4 Å². The minimum absolute atomic E-state index is 0.00397. The van der Waals surface area contributed by atoms with E-state index in [-0.39, 0.29) is 38.8 Å². The number of carbonyl (C=O) groups excluding carboxylic acids is 1. The number of fused-ring (bicyclic) bond motifs is 1. The average Bonchev–Trinajstić information content (AvgIpc) is 3.29. The van der Waals surface area contributed by atoms with Gasteiger partial charge in [0.05, 0.1) is 24.4 Å². The maximum atomic E-state index is 15.4.